The molecule has 4 nitrogen and oxygen atoms in total. The second-order valence-electron chi connectivity index (χ2n) is 4.10. The molecule has 0 aliphatic carbocycles. The summed E-state index contributed by atoms with van der Waals surface area (Å²) < 4.78 is 0. The van der Waals surface area contributed by atoms with Crippen LogP contribution in [-0.4, -0.2) is 22.6 Å². The predicted molar refractivity (Wildman–Crippen MR) is 73.1 cm³/mol. The lowest BCUT2D eigenvalue weighted by atomic mass is 10.0. The number of hydrogen-bond donors (Lipinski definition) is 2. The van der Waals surface area contributed by atoms with Gasteiger partial charge in [0.15, 0.2) is 5.13 Å². The van der Waals surface area contributed by atoms with Gasteiger partial charge in [-0.3, -0.25) is 4.79 Å². The van der Waals surface area contributed by atoms with E-state index >= 15 is 0 Å². The summed E-state index contributed by atoms with van der Waals surface area (Å²) in [5, 5.41) is 13.9. The molecule has 0 atom stereocenters. The number of nitrogens with one attached hydrogen (secondary N) is 1. The number of anilines is 1. The van der Waals surface area contributed by atoms with Crippen molar-refractivity contribution < 1.29 is 9.90 Å². The van der Waals surface area contributed by atoms with Crippen LogP contribution in [0.2, 0.25) is 0 Å². The number of aliphatic carboxylic acids is 1. The van der Waals surface area contributed by atoms with E-state index in [1.54, 1.807) is 0 Å². The third kappa shape index (κ3) is 2.87. The quantitative estimate of drug-likeness (QED) is 0.889. The van der Waals surface area contributed by atoms with Crippen LogP contribution in [-0.2, 0) is 4.79 Å². The zero-order chi connectivity index (χ0) is 13.1. The van der Waals surface area contributed by atoms with Crippen LogP contribution >= 0.6 is 11.3 Å². The maximum atomic E-state index is 10.5. The minimum atomic E-state index is -0.890. The fourth-order valence-corrected chi connectivity index (χ4v) is 2.44. The lowest BCUT2D eigenvalue weighted by Gasteiger charge is -2.03. The summed E-state index contributed by atoms with van der Waals surface area (Å²) in [4.78, 5) is 14.8. The van der Waals surface area contributed by atoms with Crippen LogP contribution in [0.5, 0.6) is 0 Å². The molecule has 1 aromatic carbocycles. The highest BCUT2D eigenvalue weighted by Crippen LogP contribution is 2.27. The molecular formula is C13H14N2O2S. The van der Waals surface area contributed by atoms with Crippen LogP contribution < -0.4 is 5.32 Å². The van der Waals surface area contributed by atoms with Crippen LogP contribution in [0, 0.1) is 13.8 Å². The van der Waals surface area contributed by atoms with Crippen molar-refractivity contribution in [2.75, 3.05) is 11.9 Å². The number of hydrogen-bond acceptors (Lipinski definition) is 4. The molecule has 0 saturated heterocycles. The predicted octanol–water partition coefficient (Wildman–Crippen LogP) is 2.92. The number of carbonyl (C=O) groups is 1. The van der Waals surface area contributed by atoms with E-state index in [0.717, 1.165) is 11.3 Å². The number of aryl methyl sites for hydroxylation is 2. The van der Waals surface area contributed by atoms with Crippen LogP contribution in [0.15, 0.2) is 23.6 Å². The van der Waals surface area contributed by atoms with Gasteiger partial charge in [-0.2, -0.15) is 0 Å². The highest BCUT2D eigenvalue weighted by Gasteiger charge is 2.07. The second kappa shape index (κ2) is 5.18. The van der Waals surface area contributed by atoms with Gasteiger partial charge < -0.3 is 10.4 Å². The summed E-state index contributed by atoms with van der Waals surface area (Å²) >= 11 is 1.41. The molecule has 2 aromatic rings. The van der Waals surface area contributed by atoms with Crippen LogP contribution in [0.1, 0.15) is 11.1 Å². The van der Waals surface area contributed by atoms with Gasteiger partial charge in [-0.25, -0.2) is 4.98 Å². The van der Waals surface area contributed by atoms with Crippen molar-refractivity contribution >= 4 is 22.4 Å². The molecule has 0 aliphatic rings. The Morgan fingerprint density at radius 1 is 1.44 bits per heavy atom. The fraction of sp³-hybridized carbons (Fsp3) is 0.231. The molecule has 1 aromatic heterocycles. The Balaban J connectivity index is 2.21. The third-order valence-electron chi connectivity index (χ3n) is 2.55. The average Bonchev–Trinajstić information content (AvgIpc) is 2.75. The van der Waals surface area contributed by atoms with Crippen molar-refractivity contribution in [3.63, 3.8) is 0 Å². The summed E-state index contributed by atoms with van der Waals surface area (Å²) in [6.45, 7) is 3.99. The molecule has 5 heteroatoms. The van der Waals surface area contributed by atoms with E-state index in [0.29, 0.717) is 5.13 Å². The first kappa shape index (κ1) is 12.6. The average molecular weight is 262 g/mol. The van der Waals surface area contributed by atoms with Crippen molar-refractivity contribution in [1.29, 1.82) is 0 Å². The van der Waals surface area contributed by atoms with Crippen LogP contribution in [0.3, 0.4) is 0 Å². The smallest absolute Gasteiger partial charge is 0.322 e. The normalized spacial score (nSPS) is 10.3. The van der Waals surface area contributed by atoms with Gasteiger partial charge in [0, 0.05) is 10.9 Å². The minimum absolute atomic E-state index is 0.111. The van der Waals surface area contributed by atoms with E-state index in [-0.39, 0.29) is 6.54 Å². The Morgan fingerprint density at radius 2 is 2.22 bits per heavy atom. The SMILES string of the molecule is Cc1ccc(-c2csc(NCC(=O)O)n2)c(C)c1. The van der Waals surface area contributed by atoms with Crippen molar-refractivity contribution in [2.24, 2.45) is 0 Å². The first-order chi connectivity index (χ1) is 8.56. The summed E-state index contributed by atoms with van der Waals surface area (Å²) in [5.41, 5.74) is 4.35. The molecule has 0 radical (unpaired) electrons. The molecule has 18 heavy (non-hydrogen) atoms. The van der Waals surface area contributed by atoms with E-state index < -0.39 is 5.97 Å². The van der Waals surface area contributed by atoms with Gasteiger partial charge >= 0.3 is 5.97 Å². The zero-order valence-electron chi connectivity index (χ0n) is 10.2. The van der Waals surface area contributed by atoms with Gasteiger partial charge in [-0.1, -0.05) is 23.8 Å². The highest BCUT2D eigenvalue weighted by atomic mass is 32.1. The Hall–Kier alpha value is -1.88. The first-order valence-corrected chi connectivity index (χ1v) is 6.43. The Bertz CT molecular complexity index is 578. The number of carboxylic acids is 1. The fourth-order valence-electron chi connectivity index (χ4n) is 1.73. The van der Waals surface area contributed by atoms with Crippen molar-refractivity contribution in [2.45, 2.75) is 13.8 Å². The molecular weight excluding hydrogens is 248 g/mol. The zero-order valence-corrected chi connectivity index (χ0v) is 11.0. The minimum Gasteiger partial charge on any atom is -0.480 e. The number of carboxylic acid groups (broad SMARTS) is 1. The van der Waals surface area contributed by atoms with Gasteiger partial charge in [-0.05, 0) is 19.4 Å². The van der Waals surface area contributed by atoms with E-state index in [2.05, 4.69) is 23.3 Å². The highest BCUT2D eigenvalue weighted by molar-refractivity contribution is 7.14. The lowest BCUT2D eigenvalue weighted by molar-refractivity contribution is -0.134. The number of nitrogens with zero attached hydrogens (tertiary/aromatic N) is 1. The van der Waals surface area contributed by atoms with E-state index in [9.17, 15) is 4.79 Å². The van der Waals surface area contributed by atoms with E-state index in [1.165, 1.54) is 22.5 Å². The molecule has 0 bridgehead atoms. The summed E-state index contributed by atoms with van der Waals surface area (Å²) in [6.07, 6.45) is 0. The number of rotatable bonds is 4. The van der Waals surface area contributed by atoms with Crippen LogP contribution in [0.4, 0.5) is 5.13 Å². The van der Waals surface area contributed by atoms with Gasteiger partial charge in [0.2, 0.25) is 0 Å². The molecule has 2 N–H and O–H groups in total. The lowest BCUT2D eigenvalue weighted by Crippen LogP contribution is -2.11. The molecule has 0 unspecified atom stereocenters. The number of aromatic nitrogens is 1. The number of thiazole rings is 1. The Labute approximate surface area is 109 Å². The topological polar surface area (TPSA) is 62.2 Å². The molecule has 0 aliphatic heterocycles. The van der Waals surface area contributed by atoms with Crippen LogP contribution in [0.25, 0.3) is 11.3 Å². The monoisotopic (exact) mass is 262 g/mol. The maximum Gasteiger partial charge on any atom is 0.322 e. The third-order valence-corrected chi connectivity index (χ3v) is 3.35. The number of benzene rings is 1. The largest absolute Gasteiger partial charge is 0.480 e. The second-order valence-corrected chi connectivity index (χ2v) is 4.96. The molecule has 0 spiro atoms. The van der Waals surface area contributed by atoms with Gasteiger partial charge in [0.05, 0.1) is 5.69 Å². The molecule has 94 valence electrons. The van der Waals surface area contributed by atoms with Crippen molar-refractivity contribution in [3.05, 3.63) is 34.7 Å². The Kier molecular flexibility index (Phi) is 3.62. The summed E-state index contributed by atoms with van der Waals surface area (Å²) in [5.74, 6) is -0.890. The maximum absolute atomic E-state index is 10.5. The molecule has 0 saturated carbocycles. The summed E-state index contributed by atoms with van der Waals surface area (Å²) in [7, 11) is 0. The van der Waals surface area contributed by atoms with Gasteiger partial charge in [0.1, 0.15) is 6.54 Å². The molecule has 0 fully saturated rings. The van der Waals surface area contributed by atoms with E-state index in [1.807, 2.05) is 24.4 Å². The van der Waals surface area contributed by atoms with E-state index in [4.69, 9.17) is 5.11 Å². The molecule has 1 heterocycles. The van der Waals surface area contributed by atoms with Crippen molar-refractivity contribution in [3.8, 4) is 11.3 Å². The summed E-state index contributed by atoms with van der Waals surface area (Å²) in [6, 6.07) is 6.20. The van der Waals surface area contributed by atoms with Gasteiger partial charge in [-0.15, -0.1) is 11.3 Å². The standard InChI is InChI=1S/C13H14N2O2S/c1-8-3-4-10(9(2)5-8)11-7-18-13(15-11)14-6-12(16)17/h3-5,7H,6H2,1-2H3,(H,14,15)(H,16,17). The first-order valence-electron chi connectivity index (χ1n) is 5.55. The van der Waals surface area contributed by atoms with Crippen molar-refractivity contribution in [1.82, 2.24) is 4.98 Å². The van der Waals surface area contributed by atoms with Gasteiger partial charge in [0.25, 0.3) is 0 Å². The molecule has 0 amide bonds. The molecule has 2 rings (SSSR count). The Morgan fingerprint density at radius 3 is 2.89 bits per heavy atom.